The van der Waals surface area contributed by atoms with Crippen molar-refractivity contribution < 1.29 is 10.2 Å². The summed E-state index contributed by atoms with van der Waals surface area (Å²) in [6.07, 6.45) is 2.49. The quantitative estimate of drug-likeness (QED) is 0.640. The van der Waals surface area contributed by atoms with Gasteiger partial charge < -0.3 is 10.2 Å². The minimum atomic E-state index is -0.600. The molecule has 0 fully saturated rings. The first kappa shape index (κ1) is 10.9. The van der Waals surface area contributed by atoms with E-state index in [1.165, 1.54) is 0 Å². The van der Waals surface area contributed by atoms with E-state index < -0.39 is 5.60 Å². The van der Waals surface area contributed by atoms with Crippen molar-refractivity contribution >= 4 is 0 Å². The van der Waals surface area contributed by atoms with Gasteiger partial charge in [-0.2, -0.15) is 0 Å². The molecule has 2 heteroatoms. The molecule has 0 saturated heterocycles. The summed E-state index contributed by atoms with van der Waals surface area (Å²) in [5.41, 5.74) is -0.600. The molecule has 0 amide bonds. The first-order valence-corrected chi connectivity index (χ1v) is 4.37. The van der Waals surface area contributed by atoms with Crippen LogP contribution in [0.15, 0.2) is 0 Å². The second kappa shape index (κ2) is 4.73. The maximum Gasteiger partial charge on any atom is 0.0645 e. The Hall–Kier alpha value is -0.0800. The van der Waals surface area contributed by atoms with Gasteiger partial charge in [-0.1, -0.05) is 20.3 Å². The van der Waals surface area contributed by atoms with Gasteiger partial charge in [-0.05, 0) is 25.7 Å². The second-order valence-corrected chi connectivity index (χ2v) is 3.52. The second-order valence-electron chi connectivity index (χ2n) is 3.52. The van der Waals surface area contributed by atoms with Crippen molar-refractivity contribution in [3.8, 4) is 0 Å². The molecule has 0 spiro atoms. The fourth-order valence-corrected chi connectivity index (χ4v) is 1.26. The van der Waals surface area contributed by atoms with Crippen LogP contribution in [0.4, 0.5) is 0 Å². The molecule has 2 N–H and O–H groups in total. The Balaban J connectivity index is 3.83. The average molecular weight is 160 g/mol. The number of hydrogen-bond donors (Lipinski definition) is 2. The Labute approximate surface area is 69.2 Å². The van der Waals surface area contributed by atoms with Crippen LogP contribution in [0, 0.1) is 5.92 Å². The Kier molecular flexibility index (Phi) is 4.69. The standard InChI is InChI=1S/C9H20O2/c1-4-6-9(3,11)8(2)5-7-10/h8,10-11H,4-7H2,1-3H3. The fourth-order valence-electron chi connectivity index (χ4n) is 1.26. The zero-order valence-electron chi connectivity index (χ0n) is 7.80. The summed E-state index contributed by atoms with van der Waals surface area (Å²) >= 11 is 0. The third-order valence-corrected chi connectivity index (χ3v) is 2.38. The van der Waals surface area contributed by atoms with Gasteiger partial charge in [0.15, 0.2) is 0 Å². The molecule has 0 aromatic heterocycles. The Morgan fingerprint density at radius 1 is 1.45 bits per heavy atom. The summed E-state index contributed by atoms with van der Waals surface area (Å²) in [5, 5.41) is 18.5. The highest BCUT2D eigenvalue weighted by Crippen LogP contribution is 2.24. The molecule has 0 aromatic rings. The van der Waals surface area contributed by atoms with Crippen molar-refractivity contribution in [2.75, 3.05) is 6.61 Å². The first-order chi connectivity index (χ1) is 5.04. The van der Waals surface area contributed by atoms with Crippen LogP contribution in [0.2, 0.25) is 0 Å². The molecule has 2 atom stereocenters. The van der Waals surface area contributed by atoms with E-state index in [-0.39, 0.29) is 12.5 Å². The molecule has 0 bridgehead atoms. The van der Waals surface area contributed by atoms with E-state index in [1.807, 2.05) is 13.8 Å². The predicted octanol–water partition coefficient (Wildman–Crippen LogP) is 1.56. The first-order valence-electron chi connectivity index (χ1n) is 4.37. The molecule has 0 aliphatic carbocycles. The summed E-state index contributed by atoms with van der Waals surface area (Å²) in [5.74, 6) is 0.187. The van der Waals surface area contributed by atoms with E-state index in [2.05, 4.69) is 6.92 Å². The minimum absolute atomic E-state index is 0.168. The summed E-state index contributed by atoms with van der Waals surface area (Å²) in [6, 6.07) is 0. The highest BCUT2D eigenvalue weighted by Gasteiger charge is 2.26. The number of aliphatic hydroxyl groups is 2. The maximum absolute atomic E-state index is 9.80. The lowest BCUT2D eigenvalue weighted by atomic mass is 9.85. The van der Waals surface area contributed by atoms with Gasteiger partial charge in [-0.15, -0.1) is 0 Å². The van der Waals surface area contributed by atoms with Gasteiger partial charge in [0, 0.05) is 6.61 Å². The van der Waals surface area contributed by atoms with Crippen LogP contribution in [0.1, 0.15) is 40.0 Å². The topological polar surface area (TPSA) is 40.5 Å². The van der Waals surface area contributed by atoms with Gasteiger partial charge in [-0.25, -0.2) is 0 Å². The monoisotopic (exact) mass is 160 g/mol. The summed E-state index contributed by atoms with van der Waals surface area (Å²) in [4.78, 5) is 0. The van der Waals surface area contributed by atoms with Crippen LogP contribution in [-0.2, 0) is 0 Å². The van der Waals surface area contributed by atoms with E-state index in [0.717, 1.165) is 12.8 Å². The third kappa shape index (κ3) is 3.73. The number of hydrogen-bond acceptors (Lipinski definition) is 2. The molecule has 11 heavy (non-hydrogen) atoms. The number of aliphatic hydroxyl groups excluding tert-OH is 1. The summed E-state index contributed by atoms with van der Waals surface area (Å²) in [7, 11) is 0. The van der Waals surface area contributed by atoms with Crippen molar-refractivity contribution in [1.82, 2.24) is 0 Å². The molecule has 0 aliphatic heterocycles. The van der Waals surface area contributed by atoms with Crippen LogP contribution in [0.5, 0.6) is 0 Å². The third-order valence-electron chi connectivity index (χ3n) is 2.38. The van der Waals surface area contributed by atoms with Crippen molar-refractivity contribution in [1.29, 1.82) is 0 Å². The highest BCUT2D eigenvalue weighted by molar-refractivity contribution is 4.78. The van der Waals surface area contributed by atoms with Gasteiger partial charge in [0.2, 0.25) is 0 Å². The molecule has 68 valence electrons. The van der Waals surface area contributed by atoms with E-state index in [1.54, 1.807) is 0 Å². The van der Waals surface area contributed by atoms with Gasteiger partial charge in [-0.3, -0.25) is 0 Å². The van der Waals surface area contributed by atoms with Gasteiger partial charge in [0.05, 0.1) is 5.60 Å². The normalized spacial score (nSPS) is 19.4. The van der Waals surface area contributed by atoms with Crippen molar-refractivity contribution in [2.45, 2.75) is 45.6 Å². The summed E-state index contributed by atoms with van der Waals surface area (Å²) < 4.78 is 0. The van der Waals surface area contributed by atoms with Gasteiger partial charge in [0.25, 0.3) is 0 Å². The van der Waals surface area contributed by atoms with Crippen molar-refractivity contribution in [3.63, 3.8) is 0 Å². The molecular weight excluding hydrogens is 140 g/mol. The number of rotatable bonds is 5. The van der Waals surface area contributed by atoms with Crippen molar-refractivity contribution in [2.24, 2.45) is 5.92 Å². The van der Waals surface area contributed by atoms with Crippen molar-refractivity contribution in [3.05, 3.63) is 0 Å². The molecule has 0 saturated carbocycles. The van der Waals surface area contributed by atoms with Crippen LogP contribution in [0.3, 0.4) is 0 Å². The lowest BCUT2D eigenvalue weighted by molar-refractivity contribution is -0.0111. The van der Waals surface area contributed by atoms with Crippen LogP contribution < -0.4 is 0 Å². The molecule has 0 rings (SSSR count). The molecule has 2 nitrogen and oxygen atoms in total. The fraction of sp³-hybridized carbons (Fsp3) is 1.00. The van der Waals surface area contributed by atoms with Crippen LogP contribution >= 0.6 is 0 Å². The molecular formula is C9H20O2. The Morgan fingerprint density at radius 2 is 2.00 bits per heavy atom. The summed E-state index contributed by atoms with van der Waals surface area (Å²) in [6.45, 7) is 6.05. The van der Waals surface area contributed by atoms with E-state index in [4.69, 9.17) is 5.11 Å². The van der Waals surface area contributed by atoms with Crippen LogP contribution in [-0.4, -0.2) is 22.4 Å². The largest absolute Gasteiger partial charge is 0.396 e. The smallest absolute Gasteiger partial charge is 0.0645 e. The molecule has 0 aliphatic rings. The zero-order valence-corrected chi connectivity index (χ0v) is 7.80. The molecule has 0 radical (unpaired) electrons. The van der Waals surface area contributed by atoms with Gasteiger partial charge in [0.1, 0.15) is 0 Å². The van der Waals surface area contributed by atoms with Crippen LogP contribution in [0.25, 0.3) is 0 Å². The van der Waals surface area contributed by atoms with Gasteiger partial charge >= 0.3 is 0 Å². The average Bonchev–Trinajstić information content (AvgIpc) is 1.88. The lowest BCUT2D eigenvalue weighted by Gasteiger charge is -2.29. The van der Waals surface area contributed by atoms with E-state index in [9.17, 15) is 5.11 Å². The molecule has 2 unspecified atom stereocenters. The zero-order chi connectivity index (χ0) is 8.91. The van der Waals surface area contributed by atoms with E-state index in [0.29, 0.717) is 6.42 Å². The molecule has 0 heterocycles. The highest BCUT2D eigenvalue weighted by atomic mass is 16.3. The Bertz CT molecular complexity index is 99.7. The maximum atomic E-state index is 9.80. The Morgan fingerprint density at radius 3 is 2.36 bits per heavy atom. The SMILES string of the molecule is CCCC(C)(O)C(C)CCO. The molecule has 0 aromatic carbocycles. The predicted molar refractivity (Wildman–Crippen MR) is 46.4 cm³/mol. The lowest BCUT2D eigenvalue weighted by Crippen LogP contribution is -2.33. The van der Waals surface area contributed by atoms with E-state index >= 15 is 0 Å². The minimum Gasteiger partial charge on any atom is -0.396 e.